The second-order valence-corrected chi connectivity index (χ2v) is 7.13. The molecule has 1 aromatic carbocycles. The van der Waals surface area contributed by atoms with Gasteiger partial charge in [-0.2, -0.15) is 17.6 Å². The number of aromatic nitrogens is 1. The lowest BCUT2D eigenvalue weighted by molar-refractivity contribution is -0.369. The summed E-state index contributed by atoms with van der Waals surface area (Å²) in [7, 11) is 1.46. The number of nitrogens with zero attached hydrogens (tertiary/aromatic N) is 1. The van der Waals surface area contributed by atoms with Crippen LogP contribution in [0, 0.1) is 0 Å². The summed E-state index contributed by atoms with van der Waals surface area (Å²) >= 11 is 1.43. The Hall–Kier alpha value is -2.13. The Morgan fingerprint density at radius 1 is 1.22 bits per heavy atom. The lowest BCUT2D eigenvalue weighted by atomic mass is 9.97. The first-order valence-electron chi connectivity index (χ1n) is 8.12. The predicted octanol–water partition coefficient (Wildman–Crippen LogP) is 4.79. The van der Waals surface area contributed by atoms with E-state index < -0.39 is 29.1 Å². The minimum Gasteiger partial charge on any atom is -0.388 e. The van der Waals surface area contributed by atoms with Gasteiger partial charge in [0, 0.05) is 30.2 Å². The summed E-state index contributed by atoms with van der Waals surface area (Å²) in [6.07, 6.45) is -7.02. The Kier molecular flexibility index (Phi) is 5.18. The van der Waals surface area contributed by atoms with E-state index in [4.69, 9.17) is 0 Å². The molecule has 1 N–H and O–H groups in total. The van der Waals surface area contributed by atoms with Crippen LogP contribution in [-0.4, -0.2) is 23.6 Å². The molecule has 1 aromatic heterocycles. The summed E-state index contributed by atoms with van der Waals surface area (Å²) in [6.45, 7) is 1.92. The van der Waals surface area contributed by atoms with E-state index in [1.165, 1.54) is 25.0 Å². The normalized spacial score (nSPS) is 16.8. The number of hydrogen-bond acceptors (Lipinski definition) is 5. The Labute approximate surface area is 157 Å². The zero-order valence-electron chi connectivity index (χ0n) is 14.5. The maximum absolute atomic E-state index is 13.9. The molecule has 2 aromatic rings. The van der Waals surface area contributed by atoms with Crippen molar-refractivity contribution >= 4 is 23.2 Å². The number of carbonyl (C=O) groups is 1. The van der Waals surface area contributed by atoms with Gasteiger partial charge < -0.3 is 5.32 Å². The minimum absolute atomic E-state index is 0.156. The summed E-state index contributed by atoms with van der Waals surface area (Å²) in [5.74, 6) is 0.336. The first kappa shape index (κ1) is 19.6. The average Bonchev–Trinajstić information content (AvgIpc) is 2.78. The number of thioether (sulfide) groups is 1. The quantitative estimate of drug-likeness (QED) is 0.429. The highest BCUT2D eigenvalue weighted by Crippen LogP contribution is 2.52. The first-order chi connectivity index (χ1) is 12.7. The highest BCUT2D eigenvalue weighted by molar-refractivity contribution is 7.99. The highest BCUT2D eigenvalue weighted by atomic mass is 32.2. The molecule has 0 unspecified atom stereocenters. The van der Waals surface area contributed by atoms with Gasteiger partial charge >= 0.3 is 12.2 Å². The van der Waals surface area contributed by atoms with Crippen LogP contribution >= 0.6 is 11.8 Å². The number of carbonyl (C=O) groups excluding carboxylic acids is 1. The van der Waals surface area contributed by atoms with Crippen LogP contribution in [0.1, 0.15) is 34.1 Å². The second kappa shape index (κ2) is 7.12. The third-order valence-corrected chi connectivity index (χ3v) is 5.01. The van der Waals surface area contributed by atoms with E-state index in [1.807, 2.05) is 6.92 Å². The number of ether oxygens (including phenoxy) is 1. The van der Waals surface area contributed by atoms with E-state index in [0.717, 1.165) is 17.9 Å². The van der Waals surface area contributed by atoms with Gasteiger partial charge in [0.25, 0.3) is 0 Å². The van der Waals surface area contributed by atoms with Crippen molar-refractivity contribution in [3.63, 3.8) is 0 Å². The van der Waals surface area contributed by atoms with Gasteiger partial charge in [-0.1, -0.05) is 6.92 Å². The fourth-order valence-corrected chi connectivity index (χ4v) is 3.69. The molecule has 144 valence electrons. The molecule has 1 aliphatic rings. The van der Waals surface area contributed by atoms with Gasteiger partial charge in [0.1, 0.15) is 5.69 Å². The molecule has 0 bridgehead atoms. The van der Waals surface area contributed by atoms with Gasteiger partial charge in [-0.05, 0) is 35.6 Å². The molecule has 0 radical (unpaired) electrons. The molecule has 0 spiro atoms. The molecule has 0 fully saturated rings. The predicted molar refractivity (Wildman–Crippen MR) is 93.5 cm³/mol. The van der Waals surface area contributed by atoms with Crippen molar-refractivity contribution in [2.24, 2.45) is 0 Å². The van der Waals surface area contributed by atoms with Gasteiger partial charge in [-0.25, -0.2) is 4.74 Å². The lowest BCUT2D eigenvalue weighted by Gasteiger charge is -2.14. The largest absolute Gasteiger partial charge is 0.388 e. The van der Waals surface area contributed by atoms with E-state index in [0.29, 0.717) is 4.90 Å². The SMILES string of the molecule is CCSc1cccnc1C(=O)Cc1cc2c(cc1NC)C(F)(F)OC2(F)F. The number of pyridine rings is 1. The molecule has 27 heavy (non-hydrogen) atoms. The van der Waals surface area contributed by atoms with E-state index in [2.05, 4.69) is 15.0 Å². The van der Waals surface area contributed by atoms with Crippen LogP contribution in [-0.2, 0) is 23.4 Å². The number of benzene rings is 1. The summed E-state index contributed by atoms with van der Waals surface area (Å²) in [6, 6.07) is 5.25. The van der Waals surface area contributed by atoms with Crippen molar-refractivity contribution < 1.29 is 27.1 Å². The van der Waals surface area contributed by atoms with Crippen molar-refractivity contribution in [1.82, 2.24) is 4.98 Å². The molecule has 0 amide bonds. The van der Waals surface area contributed by atoms with Crippen LogP contribution < -0.4 is 5.32 Å². The number of alkyl halides is 4. The average molecular weight is 400 g/mol. The third kappa shape index (κ3) is 3.66. The number of hydrogen-bond donors (Lipinski definition) is 1. The van der Waals surface area contributed by atoms with Crippen LogP contribution in [0.25, 0.3) is 0 Å². The number of nitrogens with one attached hydrogen (secondary N) is 1. The van der Waals surface area contributed by atoms with Crippen LogP contribution in [0.3, 0.4) is 0 Å². The molecule has 2 heterocycles. The van der Waals surface area contributed by atoms with E-state index in [1.54, 1.807) is 12.1 Å². The lowest BCUT2D eigenvalue weighted by Crippen LogP contribution is -2.17. The summed E-state index contributed by atoms with van der Waals surface area (Å²) in [5.41, 5.74) is -1.30. The number of halogens is 4. The maximum atomic E-state index is 13.9. The third-order valence-electron chi connectivity index (χ3n) is 4.08. The molecule has 0 saturated carbocycles. The summed E-state index contributed by atoms with van der Waals surface area (Å²) in [5, 5.41) is 2.68. The Balaban J connectivity index is 2.00. The van der Waals surface area contributed by atoms with E-state index in [9.17, 15) is 22.4 Å². The standard InChI is InChI=1S/C18H16F4N2O2S/c1-3-27-15-5-4-6-24-16(15)14(25)8-10-7-11-12(9-13(10)23-2)18(21,22)26-17(11,19)20/h4-7,9,23H,3,8H2,1-2H3. The first-order valence-corrected chi connectivity index (χ1v) is 9.10. The molecular formula is C18H16F4N2O2S. The number of anilines is 1. The molecule has 9 heteroatoms. The van der Waals surface area contributed by atoms with Crippen LogP contribution in [0.5, 0.6) is 0 Å². The van der Waals surface area contributed by atoms with Crippen LogP contribution in [0.2, 0.25) is 0 Å². The molecular weight excluding hydrogens is 384 g/mol. The van der Waals surface area contributed by atoms with Crippen LogP contribution in [0.15, 0.2) is 35.4 Å². The highest BCUT2D eigenvalue weighted by Gasteiger charge is 2.57. The van der Waals surface area contributed by atoms with Gasteiger partial charge in [0.2, 0.25) is 0 Å². The van der Waals surface area contributed by atoms with E-state index in [-0.39, 0.29) is 23.4 Å². The van der Waals surface area contributed by atoms with Gasteiger partial charge in [-0.3, -0.25) is 9.78 Å². The smallest absolute Gasteiger partial charge is 0.388 e. The topological polar surface area (TPSA) is 51.2 Å². The molecule has 4 nitrogen and oxygen atoms in total. The molecule has 0 aliphatic carbocycles. The Morgan fingerprint density at radius 2 is 1.89 bits per heavy atom. The van der Waals surface area contributed by atoms with Crippen molar-refractivity contribution in [1.29, 1.82) is 0 Å². The fraction of sp³-hybridized carbons (Fsp3) is 0.333. The van der Waals surface area contributed by atoms with Crippen molar-refractivity contribution in [3.05, 3.63) is 52.8 Å². The number of fused-ring (bicyclic) bond motifs is 1. The monoisotopic (exact) mass is 400 g/mol. The minimum atomic E-state index is -4.13. The van der Waals surface area contributed by atoms with Crippen molar-refractivity contribution in [2.45, 2.75) is 30.5 Å². The van der Waals surface area contributed by atoms with Gasteiger partial charge in [0.15, 0.2) is 5.78 Å². The molecule has 1 aliphatic heterocycles. The number of ketones is 1. The van der Waals surface area contributed by atoms with Crippen LogP contribution in [0.4, 0.5) is 23.2 Å². The molecule has 3 rings (SSSR count). The van der Waals surface area contributed by atoms with Gasteiger partial charge in [-0.15, -0.1) is 11.8 Å². The fourth-order valence-electron chi connectivity index (χ4n) is 2.90. The number of Topliss-reactive ketones (excluding diaryl/α,β-unsaturated/α-hetero) is 1. The zero-order chi connectivity index (χ0) is 19.8. The van der Waals surface area contributed by atoms with Gasteiger partial charge in [0.05, 0.1) is 11.1 Å². The van der Waals surface area contributed by atoms with Crippen molar-refractivity contribution in [3.8, 4) is 0 Å². The Bertz CT molecular complexity index is 890. The molecule has 0 saturated heterocycles. The zero-order valence-corrected chi connectivity index (χ0v) is 15.3. The summed E-state index contributed by atoms with van der Waals surface area (Å²) < 4.78 is 58.8. The molecule has 0 atom stereocenters. The van der Waals surface area contributed by atoms with Crippen molar-refractivity contribution in [2.75, 3.05) is 18.1 Å². The second-order valence-electron chi connectivity index (χ2n) is 5.82. The van der Waals surface area contributed by atoms with E-state index >= 15 is 0 Å². The Morgan fingerprint density at radius 3 is 2.52 bits per heavy atom. The summed E-state index contributed by atoms with van der Waals surface area (Å²) in [4.78, 5) is 17.5. The maximum Gasteiger partial charge on any atom is 0.388 e. The number of rotatable bonds is 6.